The first-order valence-corrected chi connectivity index (χ1v) is 20.9. The summed E-state index contributed by atoms with van der Waals surface area (Å²) in [6.07, 6.45) is 6.15. The van der Waals surface area contributed by atoms with Gasteiger partial charge in [0.1, 0.15) is 5.75 Å². The van der Waals surface area contributed by atoms with Crippen molar-refractivity contribution >= 4 is 21.7 Å². The molecule has 2 aromatic carbocycles. The molecule has 0 amide bonds. The van der Waals surface area contributed by atoms with Crippen LogP contribution in [-0.2, 0) is 25.5 Å². The van der Waals surface area contributed by atoms with Crippen LogP contribution in [0.1, 0.15) is 141 Å². The van der Waals surface area contributed by atoms with Crippen molar-refractivity contribution in [3.63, 3.8) is 0 Å². The molecule has 1 aliphatic rings. The van der Waals surface area contributed by atoms with Crippen LogP contribution in [0.3, 0.4) is 0 Å². The highest BCUT2D eigenvalue weighted by molar-refractivity contribution is 7.95. The Kier molecular flexibility index (Phi) is 13.2. The summed E-state index contributed by atoms with van der Waals surface area (Å²) >= 11 is 0. The van der Waals surface area contributed by atoms with Gasteiger partial charge in [-0.1, -0.05) is 113 Å². The lowest BCUT2D eigenvalue weighted by Gasteiger charge is -2.32. The number of Topliss-reactive ketones (excluding diaryl/α,β-unsaturated/α-hetero) is 1. The fraction of sp³-hybridized carbons (Fsp3) is 0.471. The van der Waals surface area contributed by atoms with Gasteiger partial charge < -0.3 is 4.74 Å². The number of benzene rings is 2. The number of allylic oxidation sites excluding steroid dienone is 7. The predicted octanol–water partition coefficient (Wildman–Crippen LogP) is 12.4. The second-order valence-corrected chi connectivity index (χ2v) is 22.7. The van der Waals surface area contributed by atoms with Crippen LogP contribution in [0.2, 0.25) is 0 Å². The molecule has 0 aromatic heterocycles. The molecule has 0 spiro atoms. The molecule has 0 fully saturated rings. The van der Waals surface area contributed by atoms with Gasteiger partial charge in [0.25, 0.3) is 0 Å². The average Bonchev–Trinajstić information content (AvgIpc) is 3.01. The SMILES string of the molecule is CC(C)(C)C#CC#C/C(=C(/C#CC(C)(C)C)Oc1c(C(C)(C)C)cc(C=C2C=C(C(C)(C)C)C(=O)C(C(C)(C)C)=C2)cc1C(C)(C)C)S(=O)(=O)c1ccccc1. The van der Waals surface area contributed by atoms with E-state index in [0.717, 1.165) is 33.4 Å². The number of sulfone groups is 1. The molecular formula is C51H64O4S. The Hall–Kier alpha value is -4.50. The summed E-state index contributed by atoms with van der Waals surface area (Å²) in [5.74, 6) is 18.6. The van der Waals surface area contributed by atoms with E-state index < -0.39 is 26.1 Å². The minimum atomic E-state index is -4.21. The van der Waals surface area contributed by atoms with Gasteiger partial charge in [0.15, 0.2) is 10.7 Å². The Balaban J connectivity index is 2.56. The summed E-state index contributed by atoms with van der Waals surface area (Å²) in [6.45, 7) is 36.9. The van der Waals surface area contributed by atoms with Crippen LogP contribution in [-0.4, -0.2) is 14.2 Å². The molecule has 4 nitrogen and oxygen atoms in total. The molecule has 0 atom stereocenters. The van der Waals surface area contributed by atoms with Gasteiger partial charge in [-0.3, -0.25) is 4.79 Å². The van der Waals surface area contributed by atoms with E-state index >= 15 is 0 Å². The molecule has 0 bridgehead atoms. The quantitative estimate of drug-likeness (QED) is 0.224. The van der Waals surface area contributed by atoms with E-state index in [4.69, 9.17) is 4.74 Å². The summed E-state index contributed by atoms with van der Waals surface area (Å²) in [6, 6.07) is 12.4. The topological polar surface area (TPSA) is 60.4 Å². The van der Waals surface area contributed by atoms with Gasteiger partial charge in [0.2, 0.25) is 15.6 Å². The number of hydrogen-bond donors (Lipinski definition) is 0. The van der Waals surface area contributed by atoms with Crippen molar-refractivity contribution in [3.05, 3.63) is 98.7 Å². The molecule has 0 heterocycles. The van der Waals surface area contributed by atoms with Crippen LogP contribution in [0.25, 0.3) is 6.08 Å². The van der Waals surface area contributed by atoms with E-state index in [1.807, 2.05) is 53.7 Å². The highest BCUT2D eigenvalue weighted by Crippen LogP contribution is 2.44. The second-order valence-electron chi connectivity index (χ2n) is 20.9. The molecule has 56 heavy (non-hydrogen) atoms. The van der Waals surface area contributed by atoms with E-state index in [1.165, 1.54) is 0 Å². The molecule has 1 aliphatic carbocycles. The molecule has 0 aliphatic heterocycles. The maximum absolute atomic E-state index is 14.5. The van der Waals surface area contributed by atoms with Crippen LogP contribution >= 0.6 is 0 Å². The Morgan fingerprint density at radius 2 is 1.07 bits per heavy atom. The van der Waals surface area contributed by atoms with Gasteiger partial charge in [0, 0.05) is 33.1 Å². The Morgan fingerprint density at radius 3 is 1.48 bits per heavy atom. The monoisotopic (exact) mass is 772 g/mol. The molecule has 2 aromatic rings. The lowest BCUT2D eigenvalue weighted by Crippen LogP contribution is -2.27. The minimum absolute atomic E-state index is 0.0581. The number of hydrogen-bond acceptors (Lipinski definition) is 4. The van der Waals surface area contributed by atoms with E-state index in [-0.39, 0.29) is 37.6 Å². The fourth-order valence-corrected chi connectivity index (χ4v) is 7.02. The summed E-state index contributed by atoms with van der Waals surface area (Å²) in [5, 5.41) is 0. The zero-order valence-corrected chi connectivity index (χ0v) is 38.1. The molecule has 0 unspecified atom stereocenters. The molecule has 0 N–H and O–H groups in total. The first-order chi connectivity index (χ1) is 25.2. The van der Waals surface area contributed by atoms with Crippen LogP contribution in [0.15, 0.2) is 86.9 Å². The summed E-state index contributed by atoms with van der Waals surface area (Å²) in [7, 11) is -4.21. The van der Waals surface area contributed by atoms with Gasteiger partial charge >= 0.3 is 0 Å². The highest BCUT2D eigenvalue weighted by Gasteiger charge is 2.35. The van der Waals surface area contributed by atoms with E-state index in [0.29, 0.717) is 5.75 Å². The molecule has 0 radical (unpaired) electrons. The maximum Gasteiger partial charge on any atom is 0.218 e. The molecular weight excluding hydrogens is 709 g/mol. The summed E-state index contributed by atoms with van der Waals surface area (Å²) < 4.78 is 36.0. The first kappa shape index (κ1) is 45.9. The zero-order chi connectivity index (χ0) is 42.9. The highest BCUT2D eigenvalue weighted by atomic mass is 32.2. The number of rotatable bonds is 5. The second kappa shape index (κ2) is 16.2. The Morgan fingerprint density at radius 1 is 0.607 bits per heavy atom. The van der Waals surface area contributed by atoms with Crippen LogP contribution in [0.5, 0.6) is 5.75 Å². The van der Waals surface area contributed by atoms with Gasteiger partial charge in [-0.2, -0.15) is 0 Å². The van der Waals surface area contributed by atoms with Crippen molar-refractivity contribution in [1.82, 2.24) is 0 Å². The molecule has 5 heteroatoms. The molecule has 0 saturated carbocycles. The van der Waals surface area contributed by atoms with Gasteiger partial charge in [-0.15, -0.1) is 0 Å². The number of ether oxygens (including phenoxy) is 1. The maximum atomic E-state index is 14.5. The standard InChI is InChI=1S/C51H64O4S/c1-46(2,3)28-23-22-26-43(56(53,54)37-24-20-19-21-25-37)42(27-29-47(4,5)6)55-45-40(50(13,14)15)33-36(34-41(45)51(16,17)18)30-35-31-38(48(7,8)9)44(52)39(32-35)49(10,11)12/h19-21,24-25,30-34H,1-18H3/b43-42+. The lowest BCUT2D eigenvalue weighted by atomic mass is 9.71. The van der Waals surface area contributed by atoms with Gasteiger partial charge in [-0.05, 0) is 141 Å². The van der Waals surface area contributed by atoms with Crippen molar-refractivity contribution < 1.29 is 17.9 Å². The van der Waals surface area contributed by atoms with E-state index in [2.05, 4.69) is 137 Å². The van der Waals surface area contributed by atoms with Crippen molar-refractivity contribution in [2.75, 3.05) is 0 Å². The first-order valence-electron chi connectivity index (χ1n) is 19.4. The van der Waals surface area contributed by atoms with Crippen LogP contribution in [0.4, 0.5) is 0 Å². The van der Waals surface area contributed by atoms with Crippen molar-refractivity contribution in [2.24, 2.45) is 21.7 Å². The Bertz CT molecular complexity index is 2210. The third-order valence-electron chi connectivity index (χ3n) is 8.75. The van der Waals surface area contributed by atoms with Crippen molar-refractivity contribution in [1.29, 1.82) is 0 Å². The summed E-state index contributed by atoms with van der Waals surface area (Å²) in [4.78, 5) is 13.6. The third kappa shape index (κ3) is 12.2. The van der Waals surface area contributed by atoms with E-state index in [1.54, 1.807) is 30.3 Å². The minimum Gasteiger partial charge on any atom is -0.446 e. The van der Waals surface area contributed by atoms with Crippen LogP contribution in [0, 0.1) is 57.2 Å². The van der Waals surface area contributed by atoms with E-state index in [9.17, 15) is 13.2 Å². The van der Waals surface area contributed by atoms with Crippen molar-refractivity contribution in [2.45, 2.75) is 140 Å². The third-order valence-corrected chi connectivity index (χ3v) is 10.5. The fourth-order valence-electron chi connectivity index (χ4n) is 5.75. The molecule has 0 saturated heterocycles. The Labute approximate surface area is 340 Å². The number of carbonyl (C=O) groups is 1. The number of carbonyl (C=O) groups excluding carboxylic acids is 1. The summed E-state index contributed by atoms with van der Waals surface area (Å²) in [5.41, 5.74) is 2.77. The number of ketones is 1. The average molecular weight is 773 g/mol. The predicted molar refractivity (Wildman–Crippen MR) is 235 cm³/mol. The lowest BCUT2D eigenvalue weighted by molar-refractivity contribution is -0.114. The molecule has 298 valence electrons. The zero-order valence-electron chi connectivity index (χ0n) is 37.3. The van der Waals surface area contributed by atoms with Crippen LogP contribution < -0.4 is 4.74 Å². The normalized spacial score (nSPS) is 14.8. The van der Waals surface area contributed by atoms with Crippen molar-refractivity contribution in [3.8, 4) is 41.3 Å². The smallest absolute Gasteiger partial charge is 0.218 e. The van der Waals surface area contributed by atoms with Gasteiger partial charge in [0.05, 0.1) is 4.90 Å². The largest absolute Gasteiger partial charge is 0.446 e. The molecule has 3 rings (SSSR count). The van der Waals surface area contributed by atoms with Gasteiger partial charge in [-0.25, -0.2) is 8.42 Å².